The number of rotatable bonds is 5. The van der Waals surface area contributed by atoms with Crippen molar-refractivity contribution in [3.05, 3.63) is 47.8 Å². The second-order valence-electron chi connectivity index (χ2n) is 4.27. The van der Waals surface area contributed by atoms with Crippen LogP contribution in [0.4, 0.5) is 0 Å². The molecule has 0 fully saturated rings. The number of likely N-dealkylation sites (N-methyl/N-ethyl adjacent to an activating group) is 1. The minimum Gasteiger partial charge on any atom is -0.497 e. The first-order valence-corrected chi connectivity index (χ1v) is 6.02. The number of aromatic nitrogens is 2. The van der Waals surface area contributed by atoms with Gasteiger partial charge in [0, 0.05) is 13.2 Å². The zero-order valence-corrected chi connectivity index (χ0v) is 11.1. The number of hydrogen-bond acceptors (Lipinski definition) is 3. The van der Waals surface area contributed by atoms with Gasteiger partial charge in [0.05, 0.1) is 18.8 Å². The van der Waals surface area contributed by atoms with Crippen molar-refractivity contribution in [2.45, 2.75) is 12.5 Å². The predicted molar refractivity (Wildman–Crippen MR) is 71.7 cm³/mol. The molecule has 18 heavy (non-hydrogen) atoms. The van der Waals surface area contributed by atoms with Crippen LogP contribution >= 0.6 is 0 Å². The molecule has 2 aromatic rings. The van der Waals surface area contributed by atoms with Gasteiger partial charge in [-0.1, -0.05) is 12.1 Å². The number of aryl methyl sites for hydroxylation is 1. The van der Waals surface area contributed by atoms with E-state index in [9.17, 15) is 0 Å². The lowest BCUT2D eigenvalue weighted by atomic mass is 10.0. The van der Waals surface area contributed by atoms with Crippen LogP contribution < -0.4 is 10.1 Å². The maximum atomic E-state index is 5.16. The van der Waals surface area contributed by atoms with E-state index in [1.54, 1.807) is 7.11 Å². The molecule has 4 nitrogen and oxygen atoms in total. The molecule has 4 heteroatoms. The van der Waals surface area contributed by atoms with E-state index in [-0.39, 0.29) is 6.04 Å². The lowest BCUT2D eigenvalue weighted by Crippen LogP contribution is -2.21. The van der Waals surface area contributed by atoms with Crippen molar-refractivity contribution < 1.29 is 4.74 Å². The van der Waals surface area contributed by atoms with Gasteiger partial charge in [0.2, 0.25) is 0 Å². The summed E-state index contributed by atoms with van der Waals surface area (Å²) in [6.07, 6.45) is 2.76. The van der Waals surface area contributed by atoms with Gasteiger partial charge in [-0.05, 0) is 37.2 Å². The van der Waals surface area contributed by atoms with E-state index in [0.29, 0.717) is 0 Å². The van der Waals surface area contributed by atoms with E-state index in [1.807, 2.05) is 43.2 Å². The topological polar surface area (TPSA) is 39.1 Å². The zero-order valence-electron chi connectivity index (χ0n) is 11.1. The molecule has 0 spiro atoms. The Bertz CT molecular complexity index is 490. The number of ether oxygens (including phenoxy) is 1. The Morgan fingerprint density at radius 2 is 2.00 bits per heavy atom. The highest BCUT2D eigenvalue weighted by molar-refractivity contribution is 5.28. The zero-order chi connectivity index (χ0) is 13.0. The van der Waals surface area contributed by atoms with Gasteiger partial charge in [0.25, 0.3) is 0 Å². The number of benzene rings is 1. The summed E-state index contributed by atoms with van der Waals surface area (Å²) in [5.74, 6) is 0.889. The van der Waals surface area contributed by atoms with Crippen LogP contribution in [0.1, 0.15) is 17.3 Å². The van der Waals surface area contributed by atoms with Gasteiger partial charge in [-0.2, -0.15) is 5.10 Å². The van der Waals surface area contributed by atoms with Crippen molar-refractivity contribution in [3.63, 3.8) is 0 Å². The van der Waals surface area contributed by atoms with Crippen molar-refractivity contribution in [1.82, 2.24) is 15.1 Å². The largest absolute Gasteiger partial charge is 0.497 e. The van der Waals surface area contributed by atoms with Crippen molar-refractivity contribution in [2.24, 2.45) is 7.05 Å². The molecule has 0 radical (unpaired) electrons. The van der Waals surface area contributed by atoms with Crippen LogP contribution in [-0.2, 0) is 13.5 Å². The molecule has 0 amide bonds. The molecule has 1 heterocycles. The first-order valence-electron chi connectivity index (χ1n) is 6.02. The summed E-state index contributed by atoms with van der Waals surface area (Å²) in [4.78, 5) is 0. The number of hydrogen-bond donors (Lipinski definition) is 1. The van der Waals surface area contributed by atoms with E-state index in [0.717, 1.165) is 12.2 Å². The predicted octanol–water partition coefficient (Wildman–Crippen LogP) is 1.93. The number of nitrogens with zero attached hydrogens (tertiary/aromatic N) is 2. The molecule has 0 aliphatic rings. The number of nitrogens with one attached hydrogen (secondary N) is 1. The Hall–Kier alpha value is -1.81. The van der Waals surface area contributed by atoms with E-state index in [4.69, 9.17) is 4.74 Å². The standard InChI is InChI=1S/C14H19N3O/c1-15-13(14-8-9-16-17(14)2)10-11-4-6-12(18-3)7-5-11/h4-9,13,15H,10H2,1-3H3. The van der Waals surface area contributed by atoms with Crippen LogP contribution in [0.2, 0.25) is 0 Å². The third-order valence-electron chi connectivity index (χ3n) is 3.16. The van der Waals surface area contributed by atoms with Gasteiger partial charge in [0.15, 0.2) is 0 Å². The summed E-state index contributed by atoms with van der Waals surface area (Å²) in [6.45, 7) is 0. The minimum absolute atomic E-state index is 0.269. The maximum Gasteiger partial charge on any atom is 0.118 e. The van der Waals surface area contributed by atoms with Crippen molar-refractivity contribution in [2.75, 3.05) is 14.2 Å². The third-order valence-corrected chi connectivity index (χ3v) is 3.16. The molecule has 1 atom stereocenters. The summed E-state index contributed by atoms with van der Waals surface area (Å²) < 4.78 is 7.07. The minimum atomic E-state index is 0.269. The van der Waals surface area contributed by atoms with Gasteiger partial charge in [-0.15, -0.1) is 0 Å². The fraction of sp³-hybridized carbons (Fsp3) is 0.357. The summed E-state index contributed by atoms with van der Waals surface area (Å²) in [6, 6.07) is 10.5. The van der Waals surface area contributed by atoms with Crippen LogP contribution in [0, 0.1) is 0 Å². The lowest BCUT2D eigenvalue weighted by molar-refractivity contribution is 0.414. The highest BCUT2D eigenvalue weighted by atomic mass is 16.5. The Labute approximate surface area is 108 Å². The van der Waals surface area contributed by atoms with Crippen LogP contribution in [0.5, 0.6) is 5.75 Å². The Kier molecular flexibility index (Phi) is 3.99. The molecule has 1 unspecified atom stereocenters. The molecule has 1 aromatic heterocycles. The van der Waals surface area contributed by atoms with Crippen LogP contribution in [0.3, 0.4) is 0 Å². The second kappa shape index (κ2) is 5.69. The lowest BCUT2D eigenvalue weighted by Gasteiger charge is -2.16. The van der Waals surface area contributed by atoms with Crippen molar-refractivity contribution >= 4 is 0 Å². The summed E-state index contributed by atoms with van der Waals surface area (Å²) in [7, 11) is 5.62. The summed E-state index contributed by atoms with van der Waals surface area (Å²) >= 11 is 0. The maximum absolute atomic E-state index is 5.16. The van der Waals surface area contributed by atoms with E-state index in [2.05, 4.69) is 22.5 Å². The van der Waals surface area contributed by atoms with Crippen LogP contribution in [-0.4, -0.2) is 23.9 Å². The summed E-state index contributed by atoms with van der Waals surface area (Å²) in [5, 5.41) is 7.54. The highest BCUT2D eigenvalue weighted by Crippen LogP contribution is 2.19. The van der Waals surface area contributed by atoms with E-state index < -0.39 is 0 Å². The molecule has 0 saturated heterocycles. The average molecular weight is 245 g/mol. The van der Waals surface area contributed by atoms with Gasteiger partial charge in [0.1, 0.15) is 5.75 Å². The van der Waals surface area contributed by atoms with Crippen molar-refractivity contribution in [3.8, 4) is 5.75 Å². The Balaban J connectivity index is 2.13. The van der Waals surface area contributed by atoms with Gasteiger partial charge >= 0.3 is 0 Å². The molecular weight excluding hydrogens is 226 g/mol. The van der Waals surface area contributed by atoms with Crippen LogP contribution in [0.25, 0.3) is 0 Å². The first kappa shape index (κ1) is 12.6. The smallest absolute Gasteiger partial charge is 0.118 e. The Morgan fingerprint density at radius 3 is 2.50 bits per heavy atom. The molecule has 0 aliphatic carbocycles. The first-order chi connectivity index (χ1) is 8.74. The fourth-order valence-electron chi connectivity index (χ4n) is 2.08. The Morgan fingerprint density at radius 1 is 1.28 bits per heavy atom. The average Bonchev–Trinajstić information content (AvgIpc) is 2.83. The summed E-state index contributed by atoms with van der Waals surface area (Å²) in [5.41, 5.74) is 2.46. The molecule has 96 valence electrons. The SMILES string of the molecule is CNC(Cc1ccc(OC)cc1)c1ccnn1C. The second-order valence-corrected chi connectivity index (χ2v) is 4.27. The molecule has 0 saturated carbocycles. The molecule has 1 N–H and O–H groups in total. The van der Waals surface area contributed by atoms with Gasteiger partial charge in [-0.25, -0.2) is 0 Å². The normalized spacial score (nSPS) is 12.4. The molecule has 0 bridgehead atoms. The fourth-order valence-corrected chi connectivity index (χ4v) is 2.08. The third kappa shape index (κ3) is 2.71. The number of methoxy groups -OCH3 is 1. The van der Waals surface area contributed by atoms with Crippen LogP contribution in [0.15, 0.2) is 36.5 Å². The van der Waals surface area contributed by atoms with Crippen molar-refractivity contribution in [1.29, 1.82) is 0 Å². The van der Waals surface area contributed by atoms with Gasteiger partial charge < -0.3 is 10.1 Å². The van der Waals surface area contributed by atoms with Gasteiger partial charge in [-0.3, -0.25) is 4.68 Å². The molecule has 0 aliphatic heterocycles. The monoisotopic (exact) mass is 245 g/mol. The molecule has 2 rings (SSSR count). The quantitative estimate of drug-likeness (QED) is 0.875. The molecule has 1 aromatic carbocycles. The molecular formula is C14H19N3O. The highest BCUT2D eigenvalue weighted by Gasteiger charge is 2.13. The van der Waals surface area contributed by atoms with E-state index in [1.165, 1.54) is 11.3 Å². The van der Waals surface area contributed by atoms with E-state index >= 15 is 0 Å².